The second-order valence-corrected chi connectivity index (χ2v) is 3.62. The highest BCUT2D eigenvalue weighted by atomic mass is 79.9. The monoisotopic (exact) mass is 234 g/mol. The molecule has 4 nitrogen and oxygen atoms in total. The van der Waals surface area contributed by atoms with Crippen molar-refractivity contribution >= 4 is 22.0 Å². The van der Waals surface area contributed by atoms with Crippen molar-refractivity contribution in [2.24, 2.45) is 4.99 Å². The average molecular weight is 235 g/mol. The normalized spacial score (nSPS) is 17.5. The number of ether oxygens (including phenoxy) is 1. The number of hydrogen-bond donors (Lipinski definition) is 2. The van der Waals surface area contributed by atoms with Gasteiger partial charge in [0.05, 0.1) is 17.1 Å². The minimum absolute atomic E-state index is 0.0564. The number of aliphatic hydroxyl groups is 1. The average Bonchev–Trinajstić information content (AvgIpc) is 1.96. The van der Waals surface area contributed by atoms with E-state index in [2.05, 4.69) is 26.2 Å². The van der Waals surface area contributed by atoms with Gasteiger partial charge in [0.25, 0.3) is 6.02 Å². The molecule has 0 radical (unpaired) electrons. The van der Waals surface area contributed by atoms with Gasteiger partial charge in [-0.3, -0.25) is 5.32 Å². The van der Waals surface area contributed by atoms with Crippen molar-refractivity contribution in [1.29, 1.82) is 0 Å². The van der Waals surface area contributed by atoms with Crippen LogP contribution in [0.25, 0.3) is 0 Å². The molecule has 0 amide bonds. The summed E-state index contributed by atoms with van der Waals surface area (Å²) in [4.78, 5) is 4.02. The highest BCUT2D eigenvalue weighted by molar-refractivity contribution is 9.11. The van der Waals surface area contributed by atoms with Crippen LogP contribution in [0.3, 0.4) is 0 Å². The van der Waals surface area contributed by atoms with Crippen molar-refractivity contribution in [2.45, 2.75) is 20.0 Å². The molecule has 0 unspecified atom stereocenters. The van der Waals surface area contributed by atoms with Crippen LogP contribution < -0.4 is 5.32 Å². The molecule has 1 aliphatic rings. The lowest BCUT2D eigenvalue weighted by Gasteiger charge is -2.17. The fraction of sp³-hybridized carbons (Fsp3) is 0.571. The number of rotatable bonds is 1. The molecule has 0 spiro atoms. The molecule has 0 aromatic rings. The zero-order valence-corrected chi connectivity index (χ0v) is 8.55. The number of nitrogens with zero attached hydrogens (tertiary/aromatic N) is 1. The number of amidine groups is 1. The van der Waals surface area contributed by atoms with E-state index in [1.807, 2.05) is 13.8 Å². The molecule has 0 saturated heterocycles. The minimum Gasteiger partial charge on any atom is -0.494 e. The van der Waals surface area contributed by atoms with Gasteiger partial charge in [-0.05, 0) is 29.8 Å². The molecule has 12 heavy (non-hydrogen) atoms. The first-order valence-corrected chi connectivity index (χ1v) is 4.44. The summed E-state index contributed by atoms with van der Waals surface area (Å²) in [6.45, 7) is 4.21. The summed E-state index contributed by atoms with van der Waals surface area (Å²) in [6, 6.07) is 0.366. The Morgan fingerprint density at radius 3 is 2.83 bits per heavy atom. The smallest absolute Gasteiger partial charge is 0.292 e. The van der Waals surface area contributed by atoms with E-state index in [1.54, 1.807) is 0 Å². The summed E-state index contributed by atoms with van der Waals surface area (Å²) in [6.07, 6.45) is 0.0564. The van der Waals surface area contributed by atoms with Gasteiger partial charge in [-0.25, -0.2) is 4.99 Å². The largest absolute Gasteiger partial charge is 0.494 e. The van der Waals surface area contributed by atoms with E-state index < -0.39 is 0 Å². The Morgan fingerprint density at radius 2 is 2.33 bits per heavy atom. The molecule has 0 aliphatic carbocycles. The Morgan fingerprint density at radius 1 is 1.67 bits per heavy atom. The molecule has 0 aromatic heterocycles. The van der Waals surface area contributed by atoms with E-state index in [4.69, 9.17) is 4.74 Å². The third-order valence-electron chi connectivity index (χ3n) is 1.19. The lowest BCUT2D eigenvalue weighted by atomic mass is 10.5. The number of aliphatic hydroxyl groups excluding tert-OH is 1. The van der Waals surface area contributed by atoms with Crippen molar-refractivity contribution in [3.63, 3.8) is 0 Å². The predicted molar refractivity (Wildman–Crippen MR) is 50.2 cm³/mol. The lowest BCUT2D eigenvalue weighted by Crippen LogP contribution is -2.31. The summed E-state index contributed by atoms with van der Waals surface area (Å²) in [5.74, 6) is 0.0700. The summed E-state index contributed by atoms with van der Waals surface area (Å²) in [5.41, 5.74) is 0. The summed E-state index contributed by atoms with van der Waals surface area (Å²) < 4.78 is 5.87. The van der Waals surface area contributed by atoms with Gasteiger partial charge < -0.3 is 9.84 Å². The molecule has 1 rings (SSSR count). The maximum absolute atomic E-state index is 9.22. The highest BCUT2D eigenvalue weighted by Gasteiger charge is 2.13. The molecule has 2 N–H and O–H groups in total. The molecular weight excluding hydrogens is 224 g/mol. The van der Waals surface area contributed by atoms with E-state index in [9.17, 15) is 5.11 Å². The van der Waals surface area contributed by atoms with Crippen LogP contribution in [-0.2, 0) is 4.74 Å². The van der Waals surface area contributed by atoms with Crippen molar-refractivity contribution in [3.05, 3.63) is 10.4 Å². The fourth-order valence-corrected chi connectivity index (χ4v) is 0.939. The molecule has 1 aliphatic heterocycles. The van der Waals surface area contributed by atoms with Crippen LogP contribution in [0.1, 0.15) is 13.8 Å². The number of aliphatic imine (C=N–C) groups is 1. The van der Waals surface area contributed by atoms with Gasteiger partial charge in [0.15, 0.2) is 0 Å². The first-order valence-electron chi connectivity index (χ1n) is 3.65. The first-order chi connectivity index (χ1) is 5.59. The summed E-state index contributed by atoms with van der Waals surface area (Å²) in [7, 11) is 0. The predicted octanol–water partition coefficient (Wildman–Crippen LogP) is 1.49. The third-order valence-corrected chi connectivity index (χ3v) is 1.82. The van der Waals surface area contributed by atoms with Gasteiger partial charge in [0.1, 0.15) is 0 Å². The Labute approximate surface area is 79.5 Å². The second-order valence-electron chi connectivity index (χ2n) is 2.67. The molecule has 0 aromatic carbocycles. The standard InChI is InChI=1S/C7H11BrN2O2/c1-4(2)12-7-9-3-5(8)6(11)10-7/h4,11H,3H2,1-2H3,(H,9,10). The summed E-state index contributed by atoms with van der Waals surface area (Å²) >= 11 is 3.15. The van der Waals surface area contributed by atoms with Crippen molar-refractivity contribution in [1.82, 2.24) is 5.32 Å². The Kier molecular flexibility index (Phi) is 2.97. The van der Waals surface area contributed by atoms with Crippen molar-refractivity contribution < 1.29 is 9.84 Å². The lowest BCUT2D eigenvalue weighted by molar-refractivity contribution is 0.210. The van der Waals surface area contributed by atoms with E-state index in [0.717, 1.165) is 0 Å². The van der Waals surface area contributed by atoms with Crippen molar-refractivity contribution in [2.75, 3.05) is 6.54 Å². The van der Waals surface area contributed by atoms with Crippen LogP contribution in [-0.4, -0.2) is 23.8 Å². The maximum Gasteiger partial charge on any atom is 0.292 e. The quantitative estimate of drug-likeness (QED) is 0.723. The van der Waals surface area contributed by atoms with Gasteiger partial charge in [0.2, 0.25) is 5.88 Å². The number of hydrogen-bond acceptors (Lipinski definition) is 4. The molecule has 0 bridgehead atoms. The second kappa shape index (κ2) is 3.80. The van der Waals surface area contributed by atoms with Crippen LogP contribution in [0, 0.1) is 0 Å². The van der Waals surface area contributed by atoms with Crippen LogP contribution >= 0.6 is 15.9 Å². The maximum atomic E-state index is 9.22. The first kappa shape index (κ1) is 9.38. The summed E-state index contributed by atoms with van der Waals surface area (Å²) in [5, 5.41) is 11.8. The fourth-order valence-electron chi connectivity index (χ4n) is 0.715. The molecule has 5 heteroatoms. The molecule has 0 fully saturated rings. The minimum atomic E-state index is 0.0564. The van der Waals surface area contributed by atoms with Gasteiger partial charge in [0, 0.05) is 0 Å². The number of halogens is 1. The van der Waals surface area contributed by atoms with E-state index >= 15 is 0 Å². The van der Waals surface area contributed by atoms with Crippen LogP contribution in [0.5, 0.6) is 0 Å². The van der Waals surface area contributed by atoms with E-state index in [1.165, 1.54) is 0 Å². The van der Waals surface area contributed by atoms with Crippen LogP contribution in [0.15, 0.2) is 15.4 Å². The SMILES string of the molecule is CC(C)OC1=NCC(Br)=C(O)N1. The van der Waals surface area contributed by atoms with Gasteiger partial charge >= 0.3 is 0 Å². The van der Waals surface area contributed by atoms with Crippen LogP contribution in [0.2, 0.25) is 0 Å². The molecule has 0 saturated carbocycles. The molecule has 68 valence electrons. The molecule has 0 atom stereocenters. The van der Waals surface area contributed by atoms with E-state index in [0.29, 0.717) is 17.0 Å². The topological polar surface area (TPSA) is 53.9 Å². The van der Waals surface area contributed by atoms with Crippen molar-refractivity contribution in [3.8, 4) is 0 Å². The zero-order valence-electron chi connectivity index (χ0n) is 6.97. The Balaban J connectivity index is 2.52. The molecular formula is C7H11BrN2O2. The Hall–Kier alpha value is -0.710. The van der Waals surface area contributed by atoms with Gasteiger partial charge in [-0.2, -0.15) is 0 Å². The molecule has 1 heterocycles. The highest BCUT2D eigenvalue weighted by Crippen LogP contribution is 2.12. The van der Waals surface area contributed by atoms with Gasteiger partial charge in [-0.15, -0.1) is 0 Å². The van der Waals surface area contributed by atoms with Gasteiger partial charge in [-0.1, -0.05) is 0 Å². The zero-order chi connectivity index (χ0) is 9.14. The number of nitrogens with one attached hydrogen (secondary N) is 1. The van der Waals surface area contributed by atoms with E-state index in [-0.39, 0.29) is 12.0 Å². The van der Waals surface area contributed by atoms with Crippen LogP contribution in [0.4, 0.5) is 0 Å². The third kappa shape index (κ3) is 2.41. The Bertz CT molecular complexity index is 236.